The second-order valence-electron chi connectivity index (χ2n) is 7.77. The number of pyridine rings is 1. The van der Waals surface area contributed by atoms with Gasteiger partial charge in [-0.15, -0.1) is 0 Å². The molecular formula is C25H26N4O2. The first-order valence-corrected chi connectivity index (χ1v) is 10.6. The second kappa shape index (κ2) is 9.43. The third-order valence-corrected chi connectivity index (χ3v) is 5.66. The van der Waals surface area contributed by atoms with Gasteiger partial charge >= 0.3 is 0 Å². The predicted octanol–water partition coefficient (Wildman–Crippen LogP) is 3.89. The van der Waals surface area contributed by atoms with Crippen molar-refractivity contribution in [2.24, 2.45) is 0 Å². The van der Waals surface area contributed by atoms with Gasteiger partial charge in [0.2, 0.25) is 5.91 Å². The van der Waals surface area contributed by atoms with E-state index in [2.05, 4.69) is 10.3 Å². The molecule has 3 N–H and O–H groups in total. The summed E-state index contributed by atoms with van der Waals surface area (Å²) >= 11 is 0. The zero-order valence-corrected chi connectivity index (χ0v) is 17.3. The lowest BCUT2D eigenvalue weighted by Gasteiger charge is -2.38. The van der Waals surface area contributed by atoms with Crippen molar-refractivity contribution in [2.75, 3.05) is 12.3 Å². The molecule has 0 saturated carbocycles. The number of nitrogens with two attached hydrogens (primary N) is 1. The molecule has 0 spiro atoms. The number of aromatic nitrogens is 1. The molecule has 6 heteroatoms. The van der Waals surface area contributed by atoms with E-state index in [0.29, 0.717) is 17.8 Å². The summed E-state index contributed by atoms with van der Waals surface area (Å²) in [6.07, 6.45) is 6.42. The number of carbonyl (C=O) groups is 2. The van der Waals surface area contributed by atoms with E-state index in [1.165, 1.54) is 0 Å². The third kappa shape index (κ3) is 4.74. The monoisotopic (exact) mass is 414 g/mol. The minimum Gasteiger partial charge on any atom is -0.399 e. The van der Waals surface area contributed by atoms with Crippen molar-refractivity contribution >= 4 is 17.5 Å². The Morgan fingerprint density at radius 3 is 2.61 bits per heavy atom. The van der Waals surface area contributed by atoms with Crippen molar-refractivity contribution < 1.29 is 9.59 Å². The first kappa shape index (κ1) is 20.6. The summed E-state index contributed by atoms with van der Waals surface area (Å²) in [4.78, 5) is 32.9. The highest BCUT2D eigenvalue weighted by Gasteiger charge is 2.34. The van der Waals surface area contributed by atoms with Gasteiger partial charge in [-0.2, -0.15) is 0 Å². The summed E-state index contributed by atoms with van der Waals surface area (Å²) in [6, 6.07) is 19.2. The number of likely N-dealkylation sites (tertiary alicyclic amines) is 1. The van der Waals surface area contributed by atoms with Gasteiger partial charge in [-0.1, -0.05) is 42.5 Å². The van der Waals surface area contributed by atoms with E-state index in [4.69, 9.17) is 5.73 Å². The molecule has 0 bridgehead atoms. The number of rotatable bonds is 5. The van der Waals surface area contributed by atoms with E-state index in [0.717, 1.165) is 30.4 Å². The minimum atomic E-state index is -0.785. The highest BCUT2D eigenvalue weighted by atomic mass is 16.2. The second-order valence-corrected chi connectivity index (χ2v) is 7.77. The molecule has 0 aliphatic carbocycles. The predicted molar refractivity (Wildman–Crippen MR) is 120 cm³/mol. The first-order chi connectivity index (χ1) is 15.1. The van der Waals surface area contributed by atoms with Crippen LogP contribution in [0.15, 0.2) is 79.1 Å². The molecule has 2 heterocycles. The molecular weight excluding hydrogens is 388 g/mol. The van der Waals surface area contributed by atoms with E-state index in [-0.39, 0.29) is 17.9 Å². The molecule has 1 saturated heterocycles. The number of amides is 2. The van der Waals surface area contributed by atoms with Crippen LogP contribution >= 0.6 is 0 Å². The number of nitrogens with one attached hydrogen (secondary N) is 1. The average molecular weight is 415 g/mol. The van der Waals surface area contributed by atoms with Gasteiger partial charge in [0.05, 0.1) is 6.04 Å². The van der Waals surface area contributed by atoms with Crippen molar-refractivity contribution in [3.05, 3.63) is 95.8 Å². The zero-order valence-electron chi connectivity index (χ0n) is 17.3. The van der Waals surface area contributed by atoms with Gasteiger partial charge in [0.1, 0.15) is 6.04 Å². The van der Waals surface area contributed by atoms with Gasteiger partial charge in [-0.25, -0.2) is 0 Å². The highest BCUT2D eigenvalue weighted by Crippen LogP contribution is 2.33. The summed E-state index contributed by atoms with van der Waals surface area (Å²) in [5.41, 5.74) is 8.53. The number of carbonyl (C=O) groups excluding carboxylic acids is 2. The SMILES string of the molecule is Nc1cccc(C(=O)N[C@H](C(=O)N2CCCC[C@@H]2c2cccnc2)c2ccccc2)c1. The van der Waals surface area contributed by atoms with Crippen molar-refractivity contribution in [2.45, 2.75) is 31.3 Å². The maximum atomic E-state index is 13.8. The van der Waals surface area contributed by atoms with Crippen LogP contribution in [0.5, 0.6) is 0 Å². The number of hydrogen-bond donors (Lipinski definition) is 2. The van der Waals surface area contributed by atoms with Gasteiger partial charge in [-0.05, 0) is 54.7 Å². The molecule has 0 radical (unpaired) electrons. The molecule has 6 nitrogen and oxygen atoms in total. The summed E-state index contributed by atoms with van der Waals surface area (Å²) in [5, 5.41) is 2.94. The fourth-order valence-electron chi connectivity index (χ4n) is 4.11. The number of nitrogen functional groups attached to an aromatic ring is 1. The molecule has 1 aliphatic heterocycles. The maximum absolute atomic E-state index is 13.8. The lowest BCUT2D eigenvalue weighted by Crippen LogP contribution is -2.46. The smallest absolute Gasteiger partial charge is 0.252 e. The Morgan fingerprint density at radius 1 is 1.03 bits per heavy atom. The summed E-state index contributed by atoms with van der Waals surface area (Å²) in [5.74, 6) is -0.443. The van der Waals surface area contributed by atoms with Crippen molar-refractivity contribution in [1.82, 2.24) is 15.2 Å². The average Bonchev–Trinajstić information content (AvgIpc) is 2.83. The number of nitrogens with zero attached hydrogens (tertiary/aromatic N) is 2. The number of benzene rings is 2. The molecule has 2 atom stereocenters. The molecule has 0 unspecified atom stereocenters. The molecule has 2 aromatic carbocycles. The molecule has 3 aromatic rings. The van der Waals surface area contributed by atoms with Gasteiger partial charge in [-0.3, -0.25) is 14.6 Å². The van der Waals surface area contributed by atoms with Gasteiger partial charge < -0.3 is 16.0 Å². The Bertz CT molecular complexity index is 1040. The van der Waals surface area contributed by atoms with Crippen molar-refractivity contribution in [3.8, 4) is 0 Å². The van der Waals surface area contributed by atoms with Gasteiger partial charge in [0.15, 0.2) is 0 Å². The van der Waals surface area contributed by atoms with Crippen LogP contribution in [0, 0.1) is 0 Å². The first-order valence-electron chi connectivity index (χ1n) is 10.6. The largest absolute Gasteiger partial charge is 0.399 e. The summed E-state index contributed by atoms with van der Waals surface area (Å²) in [7, 11) is 0. The van der Waals surface area contributed by atoms with Crippen LogP contribution in [0.25, 0.3) is 0 Å². The number of anilines is 1. The quantitative estimate of drug-likeness (QED) is 0.620. The summed E-state index contributed by atoms with van der Waals surface area (Å²) < 4.78 is 0. The van der Waals surface area contributed by atoms with E-state index in [1.807, 2.05) is 53.6 Å². The molecule has 158 valence electrons. The van der Waals surface area contributed by atoms with Crippen LogP contribution in [0.1, 0.15) is 52.8 Å². The molecule has 1 aliphatic rings. The Balaban J connectivity index is 1.64. The molecule has 2 amide bonds. The third-order valence-electron chi connectivity index (χ3n) is 5.66. The van der Waals surface area contributed by atoms with Gasteiger partial charge in [0, 0.05) is 30.2 Å². The van der Waals surface area contributed by atoms with Crippen LogP contribution < -0.4 is 11.1 Å². The van der Waals surface area contributed by atoms with Crippen LogP contribution in [-0.4, -0.2) is 28.2 Å². The fourth-order valence-corrected chi connectivity index (χ4v) is 4.11. The maximum Gasteiger partial charge on any atom is 0.252 e. The topological polar surface area (TPSA) is 88.3 Å². The summed E-state index contributed by atoms with van der Waals surface area (Å²) in [6.45, 7) is 0.649. The van der Waals surface area contributed by atoms with Crippen LogP contribution in [-0.2, 0) is 4.79 Å². The van der Waals surface area contributed by atoms with Crippen LogP contribution in [0.4, 0.5) is 5.69 Å². The lowest BCUT2D eigenvalue weighted by atomic mass is 9.94. The van der Waals surface area contributed by atoms with E-state index in [9.17, 15) is 9.59 Å². The van der Waals surface area contributed by atoms with Crippen molar-refractivity contribution in [3.63, 3.8) is 0 Å². The number of hydrogen-bond acceptors (Lipinski definition) is 4. The minimum absolute atomic E-state index is 0.0505. The Morgan fingerprint density at radius 2 is 1.87 bits per heavy atom. The Labute approximate surface area is 182 Å². The molecule has 1 fully saturated rings. The van der Waals surface area contributed by atoms with E-state index >= 15 is 0 Å². The Hall–Kier alpha value is -3.67. The normalized spacial score (nSPS) is 17.0. The van der Waals surface area contributed by atoms with Crippen molar-refractivity contribution in [1.29, 1.82) is 0 Å². The molecule has 31 heavy (non-hydrogen) atoms. The van der Waals surface area contributed by atoms with E-state index in [1.54, 1.807) is 30.5 Å². The number of piperidine rings is 1. The standard InChI is InChI=1S/C25H26N4O2/c26-21-12-6-10-19(16-21)24(30)28-23(18-8-2-1-3-9-18)25(31)29-15-5-4-13-22(29)20-11-7-14-27-17-20/h1-3,6-12,14,16-17,22-23H,4-5,13,15,26H2,(H,28,30)/t22-,23+/m1/s1. The Kier molecular flexibility index (Phi) is 6.26. The van der Waals surface area contributed by atoms with Crippen LogP contribution in [0.2, 0.25) is 0 Å². The lowest BCUT2D eigenvalue weighted by molar-refractivity contribution is -0.137. The van der Waals surface area contributed by atoms with E-state index < -0.39 is 6.04 Å². The molecule has 4 rings (SSSR count). The van der Waals surface area contributed by atoms with Gasteiger partial charge in [0.25, 0.3) is 5.91 Å². The highest BCUT2D eigenvalue weighted by molar-refractivity contribution is 5.98. The molecule has 1 aromatic heterocycles. The fraction of sp³-hybridized carbons (Fsp3) is 0.240. The zero-order chi connectivity index (χ0) is 21.6. The van der Waals surface area contributed by atoms with Crippen LogP contribution in [0.3, 0.4) is 0 Å².